The number of amides is 1. The molecule has 2 rings (SSSR count). The van der Waals surface area contributed by atoms with Gasteiger partial charge in [-0.05, 0) is 40.9 Å². The molecule has 0 aromatic heterocycles. The summed E-state index contributed by atoms with van der Waals surface area (Å²) in [5.74, 6) is -0.461. The standard InChI is InChI=1S/C12H11Br2NO3/c1-18-12(17)8-4-7(13)5-9(14)10(8)15-11(16)6-2-3-6/h4-6H,2-3H2,1H3,(H,15,16). The van der Waals surface area contributed by atoms with E-state index in [1.165, 1.54) is 7.11 Å². The SMILES string of the molecule is COC(=O)c1cc(Br)cc(Br)c1NC(=O)C1CC1. The second-order valence-corrected chi connectivity index (χ2v) is 5.84. The fourth-order valence-electron chi connectivity index (χ4n) is 1.54. The van der Waals surface area contributed by atoms with Gasteiger partial charge in [-0.1, -0.05) is 15.9 Å². The molecule has 1 aromatic carbocycles. The Labute approximate surface area is 121 Å². The largest absolute Gasteiger partial charge is 0.465 e. The molecule has 0 unspecified atom stereocenters. The van der Waals surface area contributed by atoms with Crippen LogP contribution in [0.1, 0.15) is 23.2 Å². The summed E-state index contributed by atoms with van der Waals surface area (Å²) in [4.78, 5) is 23.5. The molecule has 1 fully saturated rings. The lowest BCUT2D eigenvalue weighted by Gasteiger charge is -2.12. The number of rotatable bonds is 3. The van der Waals surface area contributed by atoms with Crippen molar-refractivity contribution < 1.29 is 14.3 Å². The fraction of sp³-hybridized carbons (Fsp3) is 0.333. The number of hydrogen-bond acceptors (Lipinski definition) is 3. The van der Waals surface area contributed by atoms with Gasteiger partial charge in [-0.2, -0.15) is 0 Å². The van der Waals surface area contributed by atoms with Crippen molar-refractivity contribution >= 4 is 49.4 Å². The molecule has 1 aliphatic carbocycles. The highest BCUT2D eigenvalue weighted by Crippen LogP contribution is 2.35. The highest BCUT2D eigenvalue weighted by molar-refractivity contribution is 9.11. The summed E-state index contributed by atoms with van der Waals surface area (Å²) < 4.78 is 6.09. The number of hydrogen-bond donors (Lipinski definition) is 1. The van der Waals surface area contributed by atoms with Crippen molar-refractivity contribution in [1.29, 1.82) is 0 Å². The van der Waals surface area contributed by atoms with Crippen molar-refractivity contribution in [2.24, 2.45) is 5.92 Å². The number of anilines is 1. The van der Waals surface area contributed by atoms with Crippen LogP contribution in [0, 0.1) is 5.92 Å². The van der Waals surface area contributed by atoms with Crippen LogP contribution in [0.3, 0.4) is 0 Å². The third-order valence-electron chi connectivity index (χ3n) is 2.66. The lowest BCUT2D eigenvalue weighted by molar-refractivity contribution is -0.117. The van der Waals surface area contributed by atoms with Crippen molar-refractivity contribution in [2.45, 2.75) is 12.8 Å². The number of halogens is 2. The zero-order valence-corrected chi connectivity index (χ0v) is 12.8. The Kier molecular flexibility index (Phi) is 4.07. The molecule has 0 spiro atoms. The number of benzene rings is 1. The van der Waals surface area contributed by atoms with E-state index in [1.54, 1.807) is 12.1 Å². The van der Waals surface area contributed by atoms with Crippen LogP contribution in [-0.2, 0) is 9.53 Å². The first-order valence-electron chi connectivity index (χ1n) is 5.41. The first kappa shape index (κ1) is 13.5. The van der Waals surface area contributed by atoms with Crippen molar-refractivity contribution in [1.82, 2.24) is 0 Å². The third-order valence-corrected chi connectivity index (χ3v) is 3.74. The Morgan fingerprint density at radius 2 is 2.00 bits per heavy atom. The molecular formula is C12H11Br2NO3. The van der Waals surface area contributed by atoms with Crippen LogP contribution in [0.5, 0.6) is 0 Å². The molecule has 96 valence electrons. The average molecular weight is 377 g/mol. The molecule has 1 N–H and O–H groups in total. The summed E-state index contributed by atoms with van der Waals surface area (Å²) in [7, 11) is 1.31. The maximum absolute atomic E-state index is 11.8. The first-order chi connectivity index (χ1) is 8.52. The quantitative estimate of drug-likeness (QED) is 0.823. The molecule has 1 aliphatic rings. The van der Waals surface area contributed by atoms with Gasteiger partial charge in [-0.3, -0.25) is 4.79 Å². The summed E-state index contributed by atoms with van der Waals surface area (Å²) in [6.45, 7) is 0. The van der Waals surface area contributed by atoms with Crippen LogP contribution in [0.2, 0.25) is 0 Å². The van der Waals surface area contributed by atoms with E-state index >= 15 is 0 Å². The molecule has 6 heteroatoms. The second-order valence-electron chi connectivity index (χ2n) is 4.07. The molecule has 0 saturated heterocycles. The molecule has 0 radical (unpaired) electrons. The van der Waals surface area contributed by atoms with Crippen molar-refractivity contribution in [3.8, 4) is 0 Å². The summed E-state index contributed by atoms with van der Waals surface area (Å²) in [6.07, 6.45) is 1.82. The zero-order chi connectivity index (χ0) is 13.3. The number of ether oxygens (including phenoxy) is 1. The fourth-order valence-corrected chi connectivity index (χ4v) is 2.87. The van der Waals surface area contributed by atoms with Gasteiger partial charge in [0.15, 0.2) is 0 Å². The maximum atomic E-state index is 11.8. The van der Waals surface area contributed by atoms with Gasteiger partial charge >= 0.3 is 5.97 Å². The second kappa shape index (κ2) is 5.40. The molecule has 1 saturated carbocycles. The van der Waals surface area contributed by atoms with Gasteiger partial charge in [-0.25, -0.2) is 4.79 Å². The zero-order valence-electron chi connectivity index (χ0n) is 9.63. The van der Waals surface area contributed by atoms with Crippen LogP contribution in [0.25, 0.3) is 0 Å². The Balaban J connectivity index is 2.36. The Hall–Kier alpha value is -0.880. The topological polar surface area (TPSA) is 55.4 Å². The minimum atomic E-state index is -0.483. The predicted molar refractivity (Wildman–Crippen MR) is 74.5 cm³/mol. The average Bonchev–Trinajstić information content (AvgIpc) is 3.15. The first-order valence-corrected chi connectivity index (χ1v) is 6.99. The third kappa shape index (κ3) is 2.92. The lowest BCUT2D eigenvalue weighted by atomic mass is 10.1. The molecule has 1 amide bonds. The molecule has 1 aromatic rings. The number of carbonyl (C=O) groups is 2. The minimum Gasteiger partial charge on any atom is -0.465 e. The molecule has 0 atom stereocenters. The van der Waals surface area contributed by atoms with Gasteiger partial charge in [0.1, 0.15) is 0 Å². The Morgan fingerprint density at radius 1 is 1.33 bits per heavy atom. The highest BCUT2D eigenvalue weighted by atomic mass is 79.9. The summed E-state index contributed by atoms with van der Waals surface area (Å²) in [5, 5.41) is 2.78. The number of esters is 1. The van der Waals surface area contributed by atoms with E-state index in [9.17, 15) is 9.59 Å². The molecule has 0 bridgehead atoms. The van der Waals surface area contributed by atoms with Crippen molar-refractivity contribution in [3.05, 3.63) is 26.6 Å². The van der Waals surface area contributed by atoms with Gasteiger partial charge in [0.25, 0.3) is 0 Å². The van der Waals surface area contributed by atoms with E-state index in [0.717, 1.165) is 17.3 Å². The monoisotopic (exact) mass is 375 g/mol. The molecule has 0 aliphatic heterocycles. The number of methoxy groups -OCH3 is 1. The molecule has 0 heterocycles. The van der Waals surface area contributed by atoms with E-state index in [4.69, 9.17) is 4.74 Å². The highest BCUT2D eigenvalue weighted by Gasteiger charge is 2.31. The summed E-state index contributed by atoms with van der Waals surface area (Å²) in [5.41, 5.74) is 0.787. The van der Waals surface area contributed by atoms with Gasteiger partial charge in [0, 0.05) is 14.9 Å². The van der Waals surface area contributed by atoms with E-state index in [0.29, 0.717) is 15.7 Å². The Bertz CT molecular complexity index is 512. The van der Waals surface area contributed by atoms with E-state index in [-0.39, 0.29) is 11.8 Å². The predicted octanol–water partition coefficient (Wildman–Crippen LogP) is 3.35. The van der Waals surface area contributed by atoms with Gasteiger partial charge in [0.05, 0.1) is 18.4 Å². The van der Waals surface area contributed by atoms with Crippen LogP contribution in [0.15, 0.2) is 21.1 Å². The van der Waals surface area contributed by atoms with E-state index in [1.807, 2.05) is 0 Å². The number of nitrogens with one attached hydrogen (secondary N) is 1. The van der Waals surface area contributed by atoms with Crippen LogP contribution >= 0.6 is 31.9 Å². The lowest BCUT2D eigenvalue weighted by Crippen LogP contribution is -2.17. The normalized spacial score (nSPS) is 14.2. The maximum Gasteiger partial charge on any atom is 0.340 e. The molecule has 18 heavy (non-hydrogen) atoms. The van der Waals surface area contributed by atoms with E-state index in [2.05, 4.69) is 37.2 Å². The smallest absolute Gasteiger partial charge is 0.340 e. The van der Waals surface area contributed by atoms with Crippen molar-refractivity contribution in [3.63, 3.8) is 0 Å². The van der Waals surface area contributed by atoms with Gasteiger partial charge < -0.3 is 10.1 Å². The van der Waals surface area contributed by atoms with Gasteiger partial charge in [0.2, 0.25) is 5.91 Å². The number of carbonyl (C=O) groups excluding carboxylic acids is 2. The molecule has 4 nitrogen and oxygen atoms in total. The van der Waals surface area contributed by atoms with Crippen molar-refractivity contribution in [2.75, 3.05) is 12.4 Å². The minimum absolute atomic E-state index is 0.0526. The van der Waals surface area contributed by atoms with Crippen LogP contribution < -0.4 is 5.32 Å². The van der Waals surface area contributed by atoms with Crippen LogP contribution in [-0.4, -0.2) is 19.0 Å². The summed E-state index contributed by atoms with van der Waals surface area (Å²) in [6, 6.07) is 3.40. The van der Waals surface area contributed by atoms with Gasteiger partial charge in [-0.15, -0.1) is 0 Å². The summed E-state index contributed by atoms with van der Waals surface area (Å²) >= 11 is 6.64. The van der Waals surface area contributed by atoms with E-state index < -0.39 is 5.97 Å². The molecular weight excluding hydrogens is 366 g/mol. The van der Waals surface area contributed by atoms with Crippen LogP contribution in [0.4, 0.5) is 5.69 Å². The Morgan fingerprint density at radius 3 is 2.56 bits per heavy atom.